The minimum Gasteiger partial charge on any atom is -0.358 e. The van der Waals surface area contributed by atoms with Crippen LogP contribution in [-0.2, 0) is 25.8 Å². The summed E-state index contributed by atoms with van der Waals surface area (Å²) in [6.07, 6.45) is 0. The number of aryl methyl sites for hydroxylation is 1. The van der Waals surface area contributed by atoms with Crippen molar-refractivity contribution < 1.29 is 25.8 Å². The molecule has 5 rings (SSSR count). The van der Waals surface area contributed by atoms with Crippen molar-refractivity contribution in [2.45, 2.75) is 6.92 Å². The summed E-state index contributed by atoms with van der Waals surface area (Å²) in [5, 5.41) is 5.35. The topological polar surface area (TPSA) is 0 Å². The number of benzene rings is 3. The number of hydrogen-bond donors (Lipinski definition) is 0. The van der Waals surface area contributed by atoms with Crippen molar-refractivity contribution >= 4 is 21.5 Å². The molecule has 0 aliphatic heterocycles. The molecule has 0 nitrogen and oxygen atoms in total. The van der Waals surface area contributed by atoms with Gasteiger partial charge in [0.2, 0.25) is 0 Å². The third-order valence-electron chi connectivity index (χ3n) is 4.53. The molecular formula is C27H26Hf. The van der Waals surface area contributed by atoms with Crippen LogP contribution in [-0.4, -0.2) is 0 Å². The zero-order valence-electron chi connectivity index (χ0n) is 16.8. The number of hydrogen-bond acceptors (Lipinski definition) is 0. The fourth-order valence-corrected chi connectivity index (χ4v) is 3.34. The summed E-state index contributed by atoms with van der Waals surface area (Å²) in [4.78, 5) is 0. The molecule has 28 heavy (non-hydrogen) atoms. The Kier molecular flexibility index (Phi) is 9.28. The fraction of sp³-hybridized carbons (Fsp3) is 0.0370. The molecule has 0 aliphatic carbocycles. The van der Waals surface area contributed by atoms with Crippen molar-refractivity contribution in [2.75, 3.05) is 0 Å². The monoisotopic (exact) mass is 530 g/mol. The Balaban J connectivity index is 0.000000269. The van der Waals surface area contributed by atoms with Crippen LogP contribution in [0.3, 0.4) is 0 Å². The molecule has 1 heteroatoms. The Labute approximate surface area is 188 Å². The zero-order valence-corrected chi connectivity index (χ0v) is 20.4. The molecule has 0 spiro atoms. The van der Waals surface area contributed by atoms with E-state index in [1.165, 1.54) is 38.2 Å². The SMILES string of the molecule is Cc1cc2ccccc2[cH-]1.[CH3-].[CH3-].[Hf+4].c1ccc(-c2cccc3[cH-]ccc23)cc1. The Morgan fingerprint density at radius 3 is 2.11 bits per heavy atom. The minimum absolute atomic E-state index is 0. The fourth-order valence-electron chi connectivity index (χ4n) is 3.34. The first kappa shape index (κ1) is 23.8. The average molecular weight is 529 g/mol. The quantitative estimate of drug-likeness (QED) is 0.153. The second-order valence-corrected chi connectivity index (χ2v) is 6.36. The van der Waals surface area contributed by atoms with E-state index in [9.17, 15) is 0 Å². The predicted molar refractivity (Wildman–Crippen MR) is 122 cm³/mol. The number of fused-ring (bicyclic) bond motifs is 2. The van der Waals surface area contributed by atoms with Crippen molar-refractivity contribution in [2.24, 2.45) is 0 Å². The van der Waals surface area contributed by atoms with E-state index in [0.717, 1.165) is 0 Å². The van der Waals surface area contributed by atoms with Crippen molar-refractivity contribution in [3.63, 3.8) is 0 Å². The van der Waals surface area contributed by atoms with Gasteiger partial charge >= 0.3 is 25.8 Å². The van der Waals surface area contributed by atoms with E-state index >= 15 is 0 Å². The van der Waals surface area contributed by atoms with Crippen LogP contribution in [0.4, 0.5) is 0 Å². The Morgan fingerprint density at radius 1 is 0.679 bits per heavy atom. The van der Waals surface area contributed by atoms with Crippen LogP contribution in [0.25, 0.3) is 32.7 Å². The Morgan fingerprint density at radius 2 is 1.36 bits per heavy atom. The molecule has 0 amide bonds. The molecule has 138 valence electrons. The summed E-state index contributed by atoms with van der Waals surface area (Å²) in [6, 6.07) is 36.2. The third-order valence-corrected chi connectivity index (χ3v) is 4.53. The van der Waals surface area contributed by atoms with Gasteiger partial charge in [-0.1, -0.05) is 55.0 Å². The second-order valence-electron chi connectivity index (χ2n) is 6.36. The van der Waals surface area contributed by atoms with Gasteiger partial charge in [-0.05, 0) is 5.56 Å². The average Bonchev–Trinajstić information content (AvgIpc) is 3.27. The van der Waals surface area contributed by atoms with E-state index in [0.29, 0.717) is 0 Å². The smallest absolute Gasteiger partial charge is 0.358 e. The molecule has 0 saturated carbocycles. The zero-order chi connectivity index (χ0) is 17.1. The van der Waals surface area contributed by atoms with Gasteiger partial charge in [-0.3, -0.25) is 0 Å². The van der Waals surface area contributed by atoms with Gasteiger partial charge in [0.05, 0.1) is 0 Å². The molecule has 0 aromatic heterocycles. The van der Waals surface area contributed by atoms with Crippen molar-refractivity contribution in [3.05, 3.63) is 124 Å². The molecule has 0 bridgehead atoms. The summed E-state index contributed by atoms with van der Waals surface area (Å²) in [7, 11) is 0. The van der Waals surface area contributed by atoms with E-state index in [4.69, 9.17) is 0 Å². The molecule has 0 aliphatic rings. The summed E-state index contributed by atoms with van der Waals surface area (Å²) < 4.78 is 0. The summed E-state index contributed by atoms with van der Waals surface area (Å²) in [5.74, 6) is 0. The molecule has 0 radical (unpaired) electrons. The predicted octanol–water partition coefficient (Wildman–Crippen LogP) is 7.99. The molecule has 5 aromatic rings. The van der Waals surface area contributed by atoms with Crippen LogP contribution in [0.15, 0.2) is 103 Å². The first-order valence-electron chi connectivity index (χ1n) is 8.63. The van der Waals surface area contributed by atoms with Gasteiger partial charge in [0.15, 0.2) is 0 Å². The van der Waals surface area contributed by atoms with Crippen LogP contribution in [0, 0.1) is 21.8 Å². The molecule has 0 N–H and O–H groups in total. The minimum atomic E-state index is 0. The standard InChI is InChI=1S/C15H11.C10H9.2CH3.Hf/c1-2-6-12(7-3-1)14-10-4-8-13-9-5-11-15(13)14;1-8-6-9-4-2-3-5-10(9)7-8;;;/h1-11H;2-7H,1H3;2*1H3;/q4*-1;+4. The first-order valence-corrected chi connectivity index (χ1v) is 8.63. The summed E-state index contributed by atoms with van der Waals surface area (Å²) >= 11 is 0. The maximum Gasteiger partial charge on any atom is 4.00 e. The van der Waals surface area contributed by atoms with Crippen LogP contribution >= 0.6 is 0 Å². The van der Waals surface area contributed by atoms with Crippen molar-refractivity contribution in [1.82, 2.24) is 0 Å². The van der Waals surface area contributed by atoms with Gasteiger partial charge in [-0.15, -0.1) is 69.6 Å². The molecule has 0 atom stereocenters. The van der Waals surface area contributed by atoms with E-state index in [1.54, 1.807) is 0 Å². The van der Waals surface area contributed by atoms with Gasteiger partial charge in [0.1, 0.15) is 0 Å². The van der Waals surface area contributed by atoms with E-state index < -0.39 is 0 Å². The molecule has 0 unspecified atom stereocenters. The van der Waals surface area contributed by atoms with Crippen LogP contribution in [0.2, 0.25) is 0 Å². The maximum atomic E-state index is 2.20. The van der Waals surface area contributed by atoms with Gasteiger partial charge in [0, 0.05) is 0 Å². The summed E-state index contributed by atoms with van der Waals surface area (Å²) in [5.41, 5.74) is 3.95. The molecule has 5 aromatic carbocycles. The Hall–Kier alpha value is -2.25. The van der Waals surface area contributed by atoms with E-state index in [-0.39, 0.29) is 40.7 Å². The first-order chi connectivity index (χ1) is 12.3. The van der Waals surface area contributed by atoms with Crippen molar-refractivity contribution in [1.29, 1.82) is 0 Å². The second kappa shape index (κ2) is 10.9. The normalized spacial score (nSPS) is 9.46. The molecule has 0 saturated heterocycles. The van der Waals surface area contributed by atoms with Crippen LogP contribution < -0.4 is 0 Å². The summed E-state index contributed by atoms with van der Waals surface area (Å²) in [6.45, 7) is 2.12. The van der Waals surface area contributed by atoms with Gasteiger partial charge < -0.3 is 14.9 Å². The van der Waals surface area contributed by atoms with E-state index in [1.807, 2.05) is 0 Å². The maximum absolute atomic E-state index is 2.20. The third kappa shape index (κ3) is 5.17. The Bertz CT molecular complexity index is 1060. The molecule has 0 fully saturated rings. The number of rotatable bonds is 1. The van der Waals surface area contributed by atoms with Gasteiger partial charge in [0.25, 0.3) is 0 Å². The largest absolute Gasteiger partial charge is 4.00 e. The van der Waals surface area contributed by atoms with Gasteiger partial charge in [-0.2, -0.15) is 18.2 Å². The van der Waals surface area contributed by atoms with Crippen LogP contribution in [0.1, 0.15) is 5.56 Å². The van der Waals surface area contributed by atoms with E-state index in [2.05, 4.69) is 110 Å². The molecule has 0 heterocycles. The van der Waals surface area contributed by atoms with Crippen molar-refractivity contribution in [3.8, 4) is 11.1 Å². The molecular weight excluding hydrogens is 503 g/mol. The van der Waals surface area contributed by atoms with Crippen LogP contribution in [0.5, 0.6) is 0 Å². The van der Waals surface area contributed by atoms with Gasteiger partial charge in [-0.25, -0.2) is 0 Å².